The van der Waals surface area contributed by atoms with Gasteiger partial charge >= 0.3 is 5.97 Å². The van der Waals surface area contributed by atoms with Gasteiger partial charge < -0.3 is 10.1 Å². The van der Waals surface area contributed by atoms with Gasteiger partial charge in [0.25, 0.3) is 11.6 Å². The fraction of sp³-hybridized carbons (Fsp3) is 0.0556. The SMILES string of the molecule is O=C(COC(=O)c1cn[nH]c1-c1ccccc1)Nc1ccc([N+](=O)[O-])cc1Br. The number of carbonyl (C=O) groups excluding carboxylic acids is 2. The number of H-pyrrole nitrogens is 1. The summed E-state index contributed by atoms with van der Waals surface area (Å²) in [4.78, 5) is 34.5. The van der Waals surface area contributed by atoms with Gasteiger partial charge in [-0.1, -0.05) is 30.3 Å². The number of nitro benzene ring substituents is 1. The molecule has 2 aromatic carbocycles. The number of rotatable bonds is 6. The molecular weight excluding hydrogens is 432 g/mol. The van der Waals surface area contributed by atoms with Crippen molar-refractivity contribution in [2.75, 3.05) is 11.9 Å². The van der Waals surface area contributed by atoms with E-state index in [1.807, 2.05) is 30.3 Å². The molecule has 0 fully saturated rings. The second-order valence-corrected chi connectivity index (χ2v) is 6.42. The van der Waals surface area contributed by atoms with Crippen molar-refractivity contribution in [3.8, 4) is 11.3 Å². The van der Waals surface area contributed by atoms with Gasteiger partial charge in [0.1, 0.15) is 5.56 Å². The molecule has 0 aliphatic heterocycles. The number of nitro groups is 1. The first-order chi connectivity index (χ1) is 13.5. The molecule has 3 rings (SSSR count). The second-order valence-electron chi connectivity index (χ2n) is 5.57. The summed E-state index contributed by atoms with van der Waals surface area (Å²) in [7, 11) is 0. The van der Waals surface area contributed by atoms with E-state index in [0.717, 1.165) is 5.56 Å². The Balaban J connectivity index is 1.62. The summed E-state index contributed by atoms with van der Waals surface area (Å²) >= 11 is 3.15. The summed E-state index contributed by atoms with van der Waals surface area (Å²) in [6.07, 6.45) is 1.33. The van der Waals surface area contributed by atoms with Crippen LogP contribution >= 0.6 is 15.9 Å². The topological polar surface area (TPSA) is 127 Å². The van der Waals surface area contributed by atoms with Crippen LogP contribution in [0.4, 0.5) is 11.4 Å². The lowest BCUT2D eigenvalue weighted by Crippen LogP contribution is -2.21. The van der Waals surface area contributed by atoms with E-state index in [4.69, 9.17) is 4.74 Å². The smallest absolute Gasteiger partial charge is 0.342 e. The Kier molecular flexibility index (Phi) is 5.80. The number of anilines is 1. The molecule has 0 radical (unpaired) electrons. The van der Waals surface area contributed by atoms with Crippen LogP contribution in [0.5, 0.6) is 0 Å². The van der Waals surface area contributed by atoms with Crippen molar-refractivity contribution in [1.29, 1.82) is 0 Å². The monoisotopic (exact) mass is 444 g/mol. The predicted molar refractivity (Wildman–Crippen MR) is 104 cm³/mol. The minimum absolute atomic E-state index is 0.121. The molecule has 0 saturated heterocycles. The molecule has 1 amide bonds. The molecule has 0 aliphatic rings. The summed E-state index contributed by atoms with van der Waals surface area (Å²) in [5.74, 6) is -1.29. The number of benzene rings is 2. The summed E-state index contributed by atoms with van der Waals surface area (Å²) in [5, 5.41) is 19.9. The molecule has 1 heterocycles. The van der Waals surface area contributed by atoms with Gasteiger partial charge in [-0.25, -0.2) is 4.79 Å². The number of hydrogen-bond donors (Lipinski definition) is 2. The molecule has 0 unspecified atom stereocenters. The zero-order valence-corrected chi connectivity index (χ0v) is 15.8. The average Bonchev–Trinajstić information content (AvgIpc) is 3.18. The number of aromatic nitrogens is 2. The Bertz CT molecular complexity index is 1040. The largest absolute Gasteiger partial charge is 0.452 e. The van der Waals surface area contributed by atoms with Crippen molar-refractivity contribution >= 4 is 39.2 Å². The van der Waals surface area contributed by atoms with E-state index in [1.165, 1.54) is 24.4 Å². The highest BCUT2D eigenvalue weighted by atomic mass is 79.9. The first-order valence-electron chi connectivity index (χ1n) is 7.95. The van der Waals surface area contributed by atoms with Crippen LogP contribution in [0, 0.1) is 10.1 Å². The molecule has 0 atom stereocenters. The molecule has 2 N–H and O–H groups in total. The van der Waals surface area contributed by atoms with E-state index >= 15 is 0 Å². The number of amides is 1. The van der Waals surface area contributed by atoms with Crippen molar-refractivity contribution in [2.24, 2.45) is 0 Å². The van der Waals surface area contributed by atoms with Gasteiger partial charge in [-0.05, 0) is 22.0 Å². The summed E-state index contributed by atoms with van der Waals surface area (Å²) in [6.45, 7) is -0.526. The van der Waals surface area contributed by atoms with Crippen LogP contribution in [-0.2, 0) is 9.53 Å². The Morgan fingerprint density at radius 2 is 1.96 bits per heavy atom. The van der Waals surface area contributed by atoms with Crippen LogP contribution < -0.4 is 5.32 Å². The Labute approximate surface area is 167 Å². The highest BCUT2D eigenvalue weighted by Crippen LogP contribution is 2.27. The van der Waals surface area contributed by atoms with Crippen LogP contribution in [0.25, 0.3) is 11.3 Å². The van der Waals surface area contributed by atoms with Gasteiger partial charge in [0.2, 0.25) is 0 Å². The minimum atomic E-state index is -0.703. The molecule has 28 heavy (non-hydrogen) atoms. The van der Waals surface area contributed by atoms with E-state index in [0.29, 0.717) is 15.9 Å². The molecule has 0 spiro atoms. The standard InChI is InChI=1S/C18H13BrN4O5/c19-14-8-12(23(26)27)6-7-15(14)21-16(24)10-28-18(25)13-9-20-22-17(13)11-4-2-1-3-5-11/h1-9H,10H2,(H,20,22)(H,21,24). The van der Waals surface area contributed by atoms with Gasteiger partial charge in [0, 0.05) is 22.2 Å². The quantitative estimate of drug-likeness (QED) is 0.340. The van der Waals surface area contributed by atoms with Crippen molar-refractivity contribution in [2.45, 2.75) is 0 Å². The number of non-ortho nitro benzene ring substituents is 1. The van der Waals surface area contributed by atoms with Gasteiger partial charge in [0.05, 0.1) is 22.5 Å². The number of halogens is 1. The van der Waals surface area contributed by atoms with Gasteiger partial charge in [-0.15, -0.1) is 0 Å². The Hall–Kier alpha value is -3.53. The van der Waals surface area contributed by atoms with Crippen LogP contribution in [0.1, 0.15) is 10.4 Å². The molecule has 0 saturated carbocycles. The average molecular weight is 445 g/mol. The Morgan fingerprint density at radius 3 is 2.64 bits per heavy atom. The fourth-order valence-corrected chi connectivity index (χ4v) is 2.85. The van der Waals surface area contributed by atoms with E-state index in [2.05, 4.69) is 31.4 Å². The van der Waals surface area contributed by atoms with Gasteiger partial charge in [-0.2, -0.15) is 5.10 Å². The normalized spacial score (nSPS) is 10.3. The van der Waals surface area contributed by atoms with E-state index < -0.39 is 23.4 Å². The van der Waals surface area contributed by atoms with Crippen LogP contribution in [-0.4, -0.2) is 33.6 Å². The summed E-state index contributed by atoms with van der Waals surface area (Å²) in [5.41, 5.74) is 1.65. The van der Waals surface area contributed by atoms with E-state index in [-0.39, 0.29) is 11.3 Å². The number of ether oxygens (including phenoxy) is 1. The maximum Gasteiger partial charge on any atom is 0.342 e. The van der Waals surface area contributed by atoms with E-state index in [1.54, 1.807) is 0 Å². The third-order valence-electron chi connectivity index (χ3n) is 3.69. The van der Waals surface area contributed by atoms with Gasteiger partial charge in [-0.3, -0.25) is 20.0 Å². The zero-order chi connectivity index (χ0) is 20.1. The first kappa shape index (κ1) is 19.2. The van der Waals surface area contributed by atoms with Crippen molar-refractivity contribution in [1.82, 2.24) is 10.2 Å². The van der Waals surface area contributed by atoms with Crippen molar-refractivity contribution in [3.05, 3.63) is 74.9 Å². The maximum absolute atomic E-state index is 12.3. The number of hydrogen-bond acceptors (Lipinski definition) is 6. The summed E-state index contributed by atoms with van der Waals surface area (Å²) < 4.78 is 5.39. The maximum atomic E-state index is 12.3. The molecule has 1 aromatic heterocycles. The Morgan fingerprint density at radius 1 is 1.21 bits per heavy atom. The van der Waals surface area contributed by atoms with Crippen LogP contribution in [0.3, 0.4) is 0 Å². The molecule has 9 nitrogen and oxygen atoms in total. The number of nitrogens with one attached hydrogen (secondary N) is 2. The molecule has 3 aromatic rings. The van der Waals surface area contributed by atoms with Crippen LogP contribution in [0.2, 0.25) is 0 Å². The molecule has 0 aliphatic carbocycles. The molecule has 142 valence electrons. The molecular formula is C18H13BrN4O5. The van der Waals surface area contributed by atoms with Crippen molar-refractivity contribution < 1.29 is 19.2 Å². The summed E-state index contributed by atoms with van der Waals surface area (Å²) in [6, 6.07) is 13.0. The molecule has 10 heteroatoms. The predicted octanol–water partition coefficient (Wildman–Crippen LogP) is 3.54. The van der Waals surface area contributed by atoms with Crippen molar-refractivity contribution in [3.63, 3.8) is 0 Å². The lowest BCUT2D eigenvalue weighted by atomic mass is 10.1. The lowest BCUT2D eigenvalue weighted by molar-refractivity contribution is -0.384. The van der Waals surface area contributed by atoms with E-state index in [9.17, 15) is 19.7 Å². The second kappa shape index (κ2) is 8.44. The lowest BCUT2D eigenvalue weighted by Gasteiger charge is -2.08. The fourth-order valence-electron chi connectivity index (χ4n) is 2.38. The minimum Gasteiger partial charge on any atom is -0.452 e. The third-order valence-corrected chi connectivity index (χ3v) is 4.35. The number of carbonyl (C=O) groups is 2. The zero-order valence-electron chi connectivity index (χ0n) is 14.2. The molecule has 0 bridgehead atoms. The van der Waals surface area contributed by atoms with Crippen LogP contribution in [0.15, 0.2) is 59.2 Å². The highest BCUT2D eigenvalue weighted by molar-refractivity contribution is 9.10. The first-order valence-corrected chi connectivity index (χ1v) is 8.74. The number of aromatic amines is 1. The number of nitrogens with zero attached hydrogens (tertiary/aromatic N) is 2. The highest BCUT2D eigenvalue weighted by Gasteiger charge is 2.18. The third kappa shape index (κ3) is 4.41. The van der Waals surface area contributed by atoms with Gasteiger partial charge in [0.15, 0.2) is 6.61 Å². The number of esters is 1.